The van der Waals surface area contributed by atoms with E-state index in [0.717, 1.165) is 5.84 Å². The molecule has 0 aliphatic carbocycles. The van der Waals surface area contributed by atoms with Gasteiger partial charge >= 0.3 is 0 Å². The maximum atomic E-state index is 3.71. The number of hydrogen-bond acceptors (Lipinski definition) is 4. The Balaban J connectivity index is 2.66. The summed E-state index contributed by atoms with van der Waals surface area (Å²) in [5, 5.41) is 10.9. The van der Waals surface area contributed by atoms with Crippen molar-refractivity contribution in [1.82, 2.24) is 4.90 Å². The minimum atomic E-state index is 0.634. The third-order valence-corrected chi connectivity index (χ3v) is 1.08. The van der Waals surface area contributed by atoms with Gasteiger partial charge in [-0.3, -0.25) is 0 Å². The van der Waals surface area contributed by atoms with Crippen molar-refractivity contribution < 1.29 is 0 Å². The number of nitrogens with zero attached hydrogens (tertiary/aromatic N) is 4. The van der Waals surface area contributed by atoms with Crippen molar-refractivity contribution in [1.29, 1.82) is 0 Å². The minimum absolute atomic E-state index is 0.634. The van der Waals surface area contributed by atoms with Crippen molar-refractivity contribution in [2.24, 2.45) is 15.4 Å². The summed E-state index contributed by atoms with van der Waals surface area (Å²) in [4.78, 5) is 1.92. The largest absolute Gasteiger partial charge is 0.341 e. The molecule has 0 aromatic carbocycles. The van der Waals surface area contributed by atoms with Crippen LogP contribution >= 0.6 is 0 Å². The topological polar surface area (TPSA) is 40.3 Å². The van der Waals surface area contributed by atoms with Gasteiger partial charge in [-0.05, 0) is 12.1 Å². The average molecular weight is 112 g/mol. The summed E-state index contributed by atoms with van der Waals surface area (Å²) in [6.45, 7) is 2.54. The van der Waals surface area contributed by atoms with Gasteiger partial charge < -0.3 is 4.90 Å². The molecule has 1 aliphatic rings. The lowest BCUT2D eigenvalue weighted by Crippen LogP contribution is -2.25. The first-order chi connectivity index (χ1) is 3.80. The van der Waals surface area contributed by atoms with Gasteiger partial charge in [-0.15, -0.1) is 10.2 Å². The van der Waals surface area contributed by atoms with E-state index in [-0.39, 0.29) is 0 Å². The highest BCUT2D eigenvalue weighted by Gasteiger charge is 2.00. The van der Waals surface area contributed by atoms with Gasteiger partial charge in [-0.25, -0.2) is 0 Å². The first kappa shape index (κ1) is 5.21. The van der Waals surface area contributed by atoms with Gasteiger partial charge in [-0.1, -0.05) is 0 Å². The van der Waals surface area contributed by atoms with Gasteiger partial charge in [0.15, 0.2) is 0 Å². The molecule has 1 rings (SSSR count). The van der Waals surface area contributed by atoms with Gasteiger partial charge in [0.05, 0.1) is 0 Å². The molecule has 0 aromatic heterocycles. The van der Waals surface area contributed by atoms with Gasteiger partial charge in [0.1, 0.15) is 12.5 Å². The number of rotatable bonds is 0. The zero-order valence-corrected chi connectivity index (χ0v) is 5.00. The molecule has 0 N–H and O–H groups in total. The number of amidine groups is 1. The van der Waals surface area contributed by atoms with Crippen molar-refractivity contribution in [3.8, 4) is 0 Å². The van der Waals surface area contributed by atoms with Crippen molar-refractivity contribution in [3.05, 3.63) is 0 Å². The monoisotopic (exact) mass is 112 g/mol. The Morgan fingerprint density at radius 2 is 2.38 bits per heavy atom. The summed E-state index contributed by atoms with van der Waals surface area (Å²) in [5.41, 5.74) is 0. The molecule has 0 fully saturated rings. The Morgan fingerprint density at radius 1 is 1.62 bits per heavy atom. The highest BCUT2D eigenvalue weighted by molar-refractivity contribution is 5.79. The van der Waals surface area contributed by atoms with E-state index in [1.165, 1.54) is 0 Å². The summed E-state index contributed by atoms with van der Waals surface area (Å²) >= 11 is 0. The Labute approximate surface area is 47.9 Å². The normalized spacial score (nSPS) is 18.8. The standard InChI is InChI=1S/C4H8N4/c1-4-6-7-5-3-8(4)2/h3H2,1-2H3. The lowest BCUT2D eigenvalue weighted by Gasteiger charge is -2.15. The Kier molecular flexibility index (Phi) is 1.24. The predicted molar refractivity (Wildman–Crippen MR) is 30.6 cm³/mol. The smallest absolute Gasteiger partial charge is 0.134 e. The van der Waals surface area contributed by atoms with Crippen molar-refractivity contribution in [2.45, 2.75) is 6.92 Å². The van der Waals surface area contributed by atoms with Gasteiger partial charge in [0.25, 0.3) is 0 Å². The first-order valence-electron chi connectivity index (χ1n) is 2.43. The molecule has 0 saturated heterocycles. The molecule has 0 radical (unpaired) electrons. The maximum Gasteiger partial charge on any atom is 0.134 e. The molecule has 0 spiro atoms. The van der Waals surface area contributed by atoms with E-state index in [4.69, 9.17) is 0 Å². The molecule has 1 heterocycles. The molecule has 0 amide bonds. The van der Waals surface area contributed by atoms with Crippen LogP contribution in [0.5, 0.6) is 0 Å². The average Bonchev–Trinajstić information content (AvgIpc) is 1.77. The summed E-state index contributed by atoms with van der Waals surface area (Å²) in [7, 11) is 1.93. The van der Waals surface area contributed by atoms with E-state index in [1.54, 1.807) is 0 Å². The molecule has 0 atom stereocenters. The second-order valence-corrected chi connectivity index (χ2v) is 1.72. The van der Waals surface area contributed by atoms with Crippen LogP contribution in [0.25, 0.3) is 0 Å². The summed E-state index contributed by atoms with van der Waals surface area (Å²) in [6, 6.07) is 0. The van der Waals surface area contributed by atoms with Crippen molar-refractivity contribution in [2.75, 3.05) is 13.7 Å². The summed E-state index contributed by atoms with van der Waals surface area (Å²) in [6.07, 6.45) is 0. The zero-order chi connectivity index (χ0) is 5.98. The van der Waals surface area contributed by atoms with E-state index in [2.05, 4.69) is 15.4 Å². The molecule has 44 valence electrons. The van der Waals surface area contributed by atoms with E-state index in [0.29, 0.717) is 6.67 Å². The van der Waals surface area contributed by atoms with Crippen LogP contribution in [0.2, 0.25) is 0 Å². The second kappa shape index (κ2) is 1.90. The Bertz CT molecular complexity index is 137. The van der Waals surface area contributed by atoms with Crippen LogP contribution in [-0.4, -0.2) is 24.5 Å². The first-order valence-corrected chi connectivity index (χ1v) is 2.43. The van der Waals surface area contributed by atoms with Crippen LogP contribution in [-0.2, 0) is 0 Å². The molecule has 1 aliphatic heterocycles. The van der Waals surface area contributed by atoms with Gasteiger partial charge in [0.2, 0.25) is 0 Å². The molecular formula is C4H8N4. The lowest BCUT2D eigenvalue weighted by atomic mass is 10.6. The molecule has 4 nitrogen and oxygen atoms in total. The van der Waals surface area contributed by atoms with E-state index in [9.17, 15) is 0 Å². The third-order valence-electron chi connectivity index (χ3n) is 1.08. The maximum absolute atomic E-state index is 3.71. The van der Waals surface area contributed by atoms with E-state index < -0.39 is 0 Å². The van der Waals surface area contributed by atoms with E-state index in [1.807, 2.05) is 18.9 Å². The fraction of sp³-hybridized carbons (Fsp3) is 0.750. The predicted octanol–water partition coefficient (Wildman–Crippen LogP) is 0.675. The van der Waals surface area contributed by atoms with Gasteiger partial charge in [-0.2, -0.15) is 0 Å². The molecule has 0 aromatic rings. The van der Waals surface area contributed by atoms with Crippen LogP contribution in [0.4, 0.5) is 0 Å². The SMILES string of the molecule is CC1=NN=NCN1C. The highest BCUT2D eigenvalue weighted by atomic mass is 15.5. The molecule has 4 heteroatoms. The molecule has 0 unspecified atom stereocenters. The molecule has 8 heavy (non-hydrogen) atoms. The third kappa shape index (κ3) is 0.828. The van der Waals surface area contributed by atoms with Crippen molar-refractivity contribution in [3.63, 3.8) is 0 Å². The van der Waals surface area contributed by atoms with E-state index >= 15 is 0 Å². The highest BCUT2D eigenvalue weighted by Crippen LogP contribution is 1.95. The fourth-order valence-electron chi connectivity index (χ4n) is 0.398. The van der Waals surface area contributed by atoms with Crippen LogP contribution in [0.15, 0.2) is 15.4 Å². The Morgan fingerprint density at radius 3 is 2.75 bits per heavy atom. The van der Waals surface area contributed by atoms with Crippen LogP contribution in [0.1, 0.15) is 6.92 Å². The lowest BCUT2D eigenvalue weighted by molar-refractivity contribution is 0.481. The Hall–Kier alpha value is -0.930. The van der Waals surface area contributed by atoms with Crippen molar-refractivity contribution >= 4 is 5.84 Å². The minimum Gasteiger partial charge on any atom is -0.341 e. The number of hydrogen-bond donors (Lipinski definition) is 0. The fourth-order valence-corrected chi connectivity index (χ4v) is 0.398. The quantitative estimate of drug-likeness (QED) is 0.454. The summed E-state index contributed by atoms with van der Waals surface area (Å²) < 4.78 is 0. The zero-order valence-electron chi connectivity index (χ0n) is 5.00. The van der Waals surface area contributed by atoms with Gasteiger partial charge in [0, 0.05) is 7.05 Å². The van der Waals surface area contributed by atoms with Crippen LogP contribution < -0.4 is 0 Å². The molecule has 0 saturated carbocycles. The summed E-state index contributed by atoms with van der Waals surface area (Å²) in [5.74, 6) is 0.917. The van der Waals surface area contributed by atoms with Crippen LogP contribution in [0.3, 0.4) is 0 Å². The second-order valence-electron chi connectivity index (χ2n) is 1.72. The van der Waals surface area contributed by atoms with Crippen LogP contribution in [0, 0.1) is 0 Å². The molecular weight excluding hydrogens is 104 g/mol. The molecule has 0 bridgehead atoms.